The molecule has 1 aromatic heterocycles. The van der Waals surface area contributed by atoms with E-state index in [1.165, 1.54) is 24.0 Å². The number of carbonyl (C=O) groups excluding carboxylic acids is 1. The summed E-state index contributed by atoms with van der Waals surface area (Å²) in [7, 11) is 0. The van der Waals surface area contributed by atoms with Crippen LogP contribution in [0.4, 0.5) is 0 Å². The van der Waals surface area contributed by atoms with Crippen molar-refractivity contribution in [2.24, 2.45) is 5.92 Å². The molecule has 0 unspecified atom stereocenters. The molecule has 2 saturated heterocycles. The molecular weight excluding hydrogens is 362 g/mol. The zero-order chi connectivity index (χ0) is 19.8. The van der Waals surface area contributed by atoms with E-state index in [4.69, 9.17) is 9.72 Å². The number of aryl methyl sites for hydroxylation is 2. The van der Waals surface area contributed by atoms with E-state index in [0.29, 0.717) is 5.92 Å². The molecule has 5 rings (SSSR count). The maximum atomic E-state index is 13.7. The highest BCUT2D eigenvalue weighted by Gasteiger charge is 2.29. The largest absolute Gasteiger partial charge is 0.381 e. The third-order valence-corrected chi connectivity index (χ3v) is 6.83. The summed E-state index contributed by atoms with van der Waals surface area (Å²) in [5, 5.41) is 1.04. The van der Waals surface area contributed by atoms with Gasteiger partial charge in [-0.1, -0.05) is 11.6 Å². The lowest BCUT2D eigenvalue weighted by Crippen LogP contribution is -2.50. The normalized spacial score (nSPS) is 22.8. The number of aromatic nitrogens is 1. The number of amides is 1. The van der Waals surface area contributed by atoms with Crippen molar-refractivity contribution in [1.29, 1.82) is 0 Å². The Labute approximate surface area is 173 Å². The minimum atomic E-state index is 0.213. The second kappa shape index (κ2) is 8.04. The molecule has 1 amide bonds. The van der Waals surface area contributed by atoms with Crippen molar-refractivity contribution in [1.82, 2.24) is 14.8 Å². The Morgan fingerprint density at radius 2 is 2.00 bits per heavy atom. The van der Waals surface area contributed by atoms with Gasteiger partial charge in [0.15, 0.2) is 0 Å². The van der Waals surface area contributed by atoms with Gasteiger partial charge < -0.3 is 9.64 Å². The fourth-order valence-electron chi connectivity index (χ4n) is 5.17. The number of carbonyl (C=O) groups is 1. The smallest absolute Gasteiger partial charge is 0.254 e. The van der Waals surface area contributed by atoms with Gasteiger partial charge in [0.25, 0.3) is 5.91 Å². The van der Waals surface area contributed by atoms with Crippen molar-refractivity contribution in [2.45, 2.75) is 39.0 Å². The first-order valence-electron chi connectivity index (χ1n) is 11.2. The second-order valence-corrected chi connectivity index (χ2v) is 8.96. The lowest BCUT2D eigenvalue weighted by atomic mass is 9.89. The molecule has 2 aliphatic heterocycles. The molecule has 5 nitrogen and oxygen atoms in total. The van der Waals surface area contributed by atoms with E-state index in [1.54, 1.807) is 0 Å². The van der Waals surface area contributed by atoms with Crippen molar-refractivity contribution in [3.8, 4) is 0 Å². The average Bonchev–Trinajstić information content (AvgIpc) is 3.25. The Hall–Kier alpha value is -1.98. The van der Waals surface area contributed by atoms with Crippen LogP contribution in [0.15, 0.2) is 18.2 Å². The minimum absolute atomic E-state index is 0.213. The molecule has 3 heterocycles. The third kappa shape index (κ3) is 3.78. The zero-order valence-corrected chi connectivity index (χ0v) is 17.5. The van der Waals surface area contributed by atoms with Crippen LogP contribution in [0.25, 0.3) is 10.9 Å². The molecule has 0 radical (unpaired) electrons. The SMILES string of the molecule is Cc1ccc2nc3c(c(C(=O)N4CCN(C[C@@H]5CCOC5)CC4)c2c1)CCCC3. The minimum Gasteiger partial charge on any atom is -0.381 e. The lowest BCUT2D eigenvalue weighted by molar-refractivity contribution is 0.0611. The summed E-state index contributed by atoms with van der Waals surface area (Å²) < 4.78 is 5.52. The first-order chi connectivity index (χ1) is 14.2. The molecular formula is C24H31N3O2. The zero-order valence-electron chi connectivity index (χ0n) is 17.5. The highest BCUT2D eigenvalue weighted by molar-refractivity contribution is 6.08. The van der Waals surface area contributed by atoms with Gasteiger partial charge in [-0.25, -0.2) is 0 Å². The second-order valence-electron chi connectivity index (χ2n) is 8.96. The number of benzene rings is 1. The molecule has 1 aromatic carbocycles. The number of ether oxygens (including phenoxy) is 1. The van der Waals surface area contributed by atoms with Crippen molar-refractivity contribution in [2.75, 3.05) is 45.9 Å². The predicted octanol–water partition coefficient (Wildman–Crippen LogP) is 3.22. The summed E-state index contributed by atoms with van der Waals surface area (Å²) in [6.45, 7) is 8.57. The quantitative estimate of drug-likeness (QED) is 0.803. The van der Waals surface area contributed by atoms with Crippen LogP contribution < -0.4 is 0 Å². The van der Waals surface area contributed by atoms with Crippen molar-refractivity contribution in [3.63, 3.8) is 0 Å². The molecule has 1 aliphatic carbocycles. The van der Waals surface area contributed by atoms with E-state index in [-0.39, 0.29) is 5.91 Å². The molecule has 1 atom stereocenters. The van der Waals surface area contributed by atoms with E-state index in [9.17, 15) is 4.79 Å². The monoisotopic (exact) mass is 393 g/mol. The molecule has 154 valence electrons. The van der Waals surface area contributed by atoms with Gasteiger partial charge in [0.2, 0.25) is 0 Å². The van der Waals surface area contributed by atoms with E-state index in [0.717, 1.165) is 87.4 Å². The summed E-state index contributed by atoms with van der Waals surface area (Å²) in [6, 6.07) is 6.34. The number of fused-ring (bicyclic) bond motifs is 2. The van der Waals surface area contributed by atoms with Crippen LogP contribution in [0.5, 0.6) is 0 Å². The number of nitrogens with zero attached hydrogens (tertiary/aromatic N) is 3. The Bertz CT molecular complexity index is 912. The number of hydrogen-bond donors (Lipinski definition) is 0. The van der Waals surface area contributed by atoms with Crippen LogP contribution >= 0.6 is 0 Å². The Balaban J connectivity index is 1.40. The molecule has 2 aromatic rings. The Morgan fingerprint density at radius 3 is 2.79 bits per heavy atom. The highest BCUT2D eigenvalue weighted by Crippen LogP contribution is 2.31. The number of hydrogen-bond acceptors (Lipinski definition) is 4. The van der Waals surface area contributed by atoms with Crippen molar-refractivity contribution in [3.05, 3.63) is 40.6 Å². The number of pyridine rings is 1. The van der Waals surface area contributed by atoms with Gasteiger partial charge in [0, 0.05) is 50.4 Å². The summed E-state index contributed by atoms with van der Waals surface area (Å²) >= 11 is 0. The molecule has 3 aliphatic rings. The molecule has 0 N–H and O–H groups in total. The maximum absolute atomic E-state index is 13.7. The van der Waals surface area contributed by atoms with Gasteiger partial charge in [-0.15, -0.1) is 0 Å². The summed E-state index contributed by atoms with van der Waals surface area (Å²) in [6.07, 6.45) is 5.48. The summed E-state index contributed by atoms with van der Waals surface area (Å²) in [4.78, 5) is 23.2. The average molecular weight is 394 g/mol. The number of rotatable bonds is 3. The van der Waals surface area contributed by atoms with Crippen LogP contribution in [0, 0.1) is 12.8 Å². The van der Waals surface area contributed by atoms with Crippen molar-refractivity contribution >= 4 is 16.8 Å². The fourth-order valence-corrected chi connectivity index (χ4v) is 5.17. The van der Waals surface area contributed by atoms with Gasteiger partial charge in [-0.05, 0) is 62.6 Å². The highest BCUT2D eigenvalue weighted by atomic mass is 16.5. The standard InChI is InChI=1S/C24H31N3O2/c1-17-6-7-22-20(14-17)23(19-4-2-3-5-21(19)25-22)24(28)27-11-9-26(10-12-27)15-18-8-13-29-16-18/h6-7,14,18H,2-5,8-13,15-16H2,1H3/t18-/m0/s1. The lowest BCUT2D eigenvalue weighted by Gasteiger charge is -2.36. The van der Waals surface area contributed by atoms with E-state index < -0.39 is 0 Å². The van der Waals surface area contributed by atoms with Gasteiger partial charge in [0.1, 0.15) is 0 Å². The number of piperazine rings is 1. The molecule has 0 spiro atoms. The van der Waals surface area contributed by atoms with Crippen molar-refractivity contribution < 1.29 is 9.53 Å². The van der Waals surface area contributed by atoms with E-state index in [2.05, 4.69) is 34.9 Å². The van der Waals surface area contributed by atoms with E-state index in [1.807, 2.05) is 0 Å². The molecule has 0 saturated carbocycles. The molecule has 0 bridgehead atoms. The first kappa shape index (κ1) is 19.0. The summed E-state index contributed by atoms with van der Waals surface area (Å²) in [5.74, 6) is 0.876. The third-order valence-electron chi connectivity index (χ3n) is 6.83. The molecule has 5 heteroatoms. The fraction of sp³-hybridized carbons (Fsp3) is 0.583. The van der Waals surface area contributed by atoms with Crippen LogP contribution in [0.1, 0.15) is 46.4 Å². The summed E-state index contributed by atoms with van der Waals surface area (Å²) in [5.41, 5.74) is 5.46. The first-order valence-corrected chi connectivity index (χ1v) is 11.2. The van der Waals surface area contributed by atoms with Gasteiger partial charge in [-0.2, -0.15) is 0 Å². The van der Waals surface area contributed by atoms with Crippen LogP contribution in [-0.2, 0) is 17.6 Å². The van der Waals surface area contributed by atoms with Gasteiger partial charge >= 0.3 is 0 Å². The Morgan fingerprint density at radius 1 is 1.17 bits per heavy atom. The topological polar surface area (TPSA) is 45.7 Å². The Kier molecular flexibility index (Phi) is 5.27. The molecule has 2 fully saturated rings. The van der Waals surface area contributed by atoms with Crippen LogP contribution in [-0.4, -0.2) is 66.6 Å². The predicted molar refractivity (Wildman–Crippen MR) is 114 cm³/mol. The molecule has 29 heavy (non-hydrogen) atoms. The van der Waals surface area contributed by atoms with Gasteiger partial charge in [0.05, 0.1) is 17.7 Å². The van der Waals surface area contributed by atoms with Crippen LogP contribution in [0.2, 0.25) is 0 Å². The van der Waals surface area contributed by atoms with Gasteiger partial charge in [-0.3, -0.25) is 14.7 Å². The van der Waals surface area contributed by atoms with Crippen LogP contribution in [0.3, 0.4) is 0 Å². The maximum Gasteiger partial charge on any atom is 0.254 e. The van der Waals surface area contributed by atoms with E-state index >= 15 is 0 Å².